The maximum absolute atomic E-state index is 12.7. The molecule has 0 fully saturated rings. The summed E-state index contributed by atoms with van der Waals surface area (Å²) >= 11 is 0. The van der Waals surface area contributed by atoms with Crippen molar-refractivity contribution in [2.24, 2.45) is 0 Å². The zero-order valence-electron chi connectivity index (χ0n) is 15.0. The van der Waals surface area contributed by atoms with Crippen LogP contribution in [0.4, 0.5) is 0 Å². The number of aryl methyl sites for hydroxylation is 1. The fraction of sp³-hybridized carbons (Fsp3) is 0.238. The molecule has 1 amide bonds. The molecule has 0 saturated carbocycles. The largest absolute Gasteiger partial charge is 0.494 e. The van der Waals surface area contributed by atoms with Crippen LogP contribution in [0.3, 0.4) is 0 Å². The van der Waals surface area contributed by atoms with Crippen molar-refractivity contribution in [1.29, 1.82) is 0 Å². The first kappa shape index (κ1) is 17.7. The summed E-state index contributed by atoms with van der Waals surface area (Å²) in [6, 6.07) is 17.3. The summed E-state index contributed by atoms with van der Waals surface area (Å²) in [6.45, 7) is 4.94. The number of aromatic nitrogens is 1. The molecule has 0 aliphatic heterocycles. The highest BCUT2D eigenvalue weighted by molar-refractivity contribution is 6.00. The van der Waals surface area contributed by atoms with Crippen LogP contribution in [0, 0.1) is 6.92 Å². The van der Waals surface area contributed by atoms with Gasteiger partial charge in [-0.1, -0.05) is 54.5 Å². The molecule has 0 aliphatic rings. The predicted octanol–water partition coefficient (Wildman–Crippen LogP) is 4.37. The molecule has 0 spiro atoms. The molecular formula is C21H22N2O3. The lowest BCUT2D eigenvalue weighted by molar-refractivity contribution is 0.0950. The van der Waals surface area contributed by atoms with Gasteiger partial charge in [0.15, 0.2) is 0 Å². The number of benzene rings is 2. The number of amides is 1. The standard InChI is InChI=1S/C21H22N2O3/c1-3-13-25-18-11-9-16(10-12-18)14-22-21(24)19-15(2)26-23-20(19)17-7-5-4-6-8-17/h4-12H,3,13-14H2,1-2H3,(H,22,24). The second-order valence-corrected chi connectivity index (χ2v) is 6.00. The summed E-state index contributed by atoms with van der Waals surface area (Å²) in [5.41, 5.74) is 2.88. The Morgan fingerprint density at radius 3 is 2.54 bits per heavy atom. The number of carbonyl (C=O) groups excluding carboxylic acids is 1. The molecule has 5 heteroatoms. The molecule has 5 nitrogen and oxygen atoms in total. The Hall–Kier alpha value is -3.08. The van der Waals surface area contributed by atoms with Gasteiger partial charge in [0, 0.05) is 12.1 Å². The van der Waals surface area contributed by atoms with Gasteiger partial charge in [-0.05, 0) is 31.0 Å². The Balaban J connectivity index is 1.68. The number of hydrogen-bond donors (Lipinski definition) is 1. The van der Waals surface area contributed by atoms with E-state index in [1.165, 1.54) is 0 Å². The minimum Gasteiger partial charge on any atom is -0.494 e. The SMILES string of the molecule is CCCOc1ccc(CNC(=O)c2c(-c3ccccc3)noc2C)cc1. The van der Waals surface area contributed by atoms with Crippen molar-refractivity contribution in [1.82, 2.24) is 10.5 Å². The number of ether oxygens (including phenoxy) is 1. The minimum atomic E-state index is -0.200. The molecule has 1 N–H and O–H groups in total. The van der Waals surface area contributed by atoms with E-state index in [2.05, 4.69) is 17.4 Å². The van der Waals surface area contributed by atoms with Crippen LogP contribution in [0.1, 0.15) is 35.0 Å². The topological polar surface area (TPSA) is 64.4 Å². The fourth-order valence-electron chi connectivity index (χ4n) is 2.63. The first-order chi connectivity index (χ1) is 12.7. The van der Waals surface area contributed by atoms with Crippen LogP contribution in [-0.4, -0.2) is 17.7 Å². The van der Waals surface area contributed by atoms with E-state index in [9.17, 15) is 4.79 Å². The Morgan fingerprint density at radius 2 is 1.85 bits per heavy atom. The average Bonchev–Trinajstić information content (AvgIpc) is 3.07. The van der Waals surface area contributed by atoms with Crippen LogP contribution in [0.5, 0.6) is 5.75 Å². The van der Waals surface area contributed by atoms with Crippen molar-refractivity contribution >= 4 is 5.91 Å². The van der Waals surface area contributed by atoms with Gasteiger partial charge >= 0.3 is 0 Å². The fourth-order valence-corrected chi connectivity index (χ4v) is 2.63. The molecule has 1 heterocycles. The molecule has 134 valence electrons. The average molecular weight is 350 g/mol. The molecule has 3 rings (SSSR count). The molecule has 0 unspecified atom stereocenters. The molecule has 26 heavy (non-hydrogen) atoms. The third-order valence-corrected chi connectivity index (χ3v) is 3.99. The van der Waals surface area contributed by atoms with E-state index in [0.717, 1.165) is 23.3 Å². The van der Waals surface area contributed by atoms with Gasteiger partial charge in [-0.25, -0.2) is 0 Å². The lowest BCUT2D eigenvalue weighted by atomic mass is 10.1. The van der Waals surface area contributed by atoms with E-state index in [4.69, 9.17) is 9.26 Å². The third-order valence-electron chi connectivity index (χ3n) is 3.99. The number of carbonyl (C=O) groups is 1. The highest BCUT2D eigenvalue weighted by Crippen LogP contribution is 2.25. The van der Waals surface area contributed by atoms with Gasteiger partial charge in [-0.2, -0.15) is 0 Å². The van der Waals surface area contributed by atoms with Crippen LogP contribution in [0.2, 0.25) is 0 Å². The maximum atomic E-state index is 12.7. The first-order valence-electron chi connectivity index (χ1n) is 8.70. The molecule has 0 atom stereocenters. The van der Waals surface area contributed by atoms with Crippen LogP contribution in [0.15, 0.2) is 59.1 Å². The summed E-state index contributed by atoms with van der Waals surface area (Å²) in [7, 11) is 0. The lowest BCUT2D eigenvalue weighted by Crippen LogP contribution is -2.23. The summed E-state index contributed by atoms with van der Waals surface area (Å²) in [5, 5.41) is 6.99. The molecule has 0 bridgehead atoms. The van der Waals surface area contributed by atoms with Crippen molar-refractivity contribution in [3.05, 3.63) is 71.5 Å². The van der Waals surface area contributed by atoms with Crippen molar-refractivity contribution in [2.75, 3.05) is 6.61 Å². The zero-order valence-corrected chi connectivity index (χ0v) is 15.0. The van der Waals surface area contributed by atoms with Crippen LogP contribution >= 0.6 is 0 Å². The zero-order chi connectivity index (χ0) is 18.4. The Labute approximate surface area is 153 Å². The molecule has 0 aliphatic carbocycles. The normalized spacial score (nSPS) is 10.5. The summed E-state index contributed by atoms with van der Waals surface area (Å²) in [5.74, 6) is 1.14. The maximum Gasteiger partial charge on any atom is 0.257 e. The van der Waals surface area contributed by atoms with Gasteiger partial charge in [0.25, 0.3) is 5.91 Å². The minimum absolute atomic E-state index is 0.200. The van der Waals surface area contributed by atoms with Crippen LogP contribution in [0.25, 0.3) is 11.3 Å². The van der Waals surface area contributed by atoms with Gasteiger partial charge in [0.05, 0.1) is 6.61 Å². The Bertz CT molecular complexity index is 855. The van der Waals surface area contributed by atoms with Gasteiger partial charge in [0.2, 0.25) is 0 Å². The van der Waals surface area contributed by atoms with E-state index in [1.54, 1.807) is 6.92 Å². The third kappa shape index (κ3) is 4.11. The molecular weight excluding hydrogens is 328 g/mol. The van der Waals surface area contributed by atoms with E-state index in [0.29, 0.717) is 30.2 Å². The predicted molar refractivity (Wildman–Crippen MR) is 100 cm³/mol. The van der Waals surface area contributed by atoms with Gasteiger partial charge in [-0.3, -0.25) is 4.79 Å². The van der Waals surface area contributed by atoms with E-state index >= 15 is 0 Å². The van der Waals surface area contributed by atoms with Crippen molar-refractivity contribution in [2.45, 2.75) is 26.8 Å². The number of hydrogen-bond acceptors (Lipinski definition) is 4. The quantitative estimate of drug-likeness (QED) is 0.687. The van der Waals surface area contributed by atoms with E-state index in [-0.39, 0.29) is 5.91 Å². The molecule has 1 aromatic heterocycles. The summed E-state index contributed by atoms with van der Waals surface area (Å²) in [6.07, 6.45) is 0.972. The number of nitrogens with one attached hydrogen (secondary N) is 1. The smallest absolute Gasteiger partial charge is 0.257 e. The Morgan fingerprint density at radius 1 is 1.12 bits per heavy atom. The second kappa shape index (κ2) is 8.34. The lowest BCUT2D eigenvalue weighted by Gasteiger charge is -2.08. The summed E-state index contributed by atoms with van der Waals surface area (Å²) < 4.78 is 10.8. The molecule has 3 aromatic rings. The summed E-state index contributed by atoms with van der Waals surface area (Å²) in [4.78, 5) is 12.7. The molecule has 2 aromatic carbocycles. The van der Waals surface area contributed by atoms with E-state index < -0.39 is 0 Å². The van der Waals surface area contributed by atoms with Gasteiger partial charge in [0.1, 0.15) is 22.8 Å². The van der Waals surface area contributed by atoms with Gasteiger partial charge in [-0.15, -0.1) is 0 Å². The van der Waals surface area contributed by atoms with E-state index in [1.807, 2.05) is 54.6 Å². The second-order valence-electron chi connectivity index (χ2n) is 6.00. The van der Waals surface area contributed by atoms with Gasteiger partial charge < -0.3 is 14.6 Å². The highest BCUT2D eigenvalue weighted by Gasteiger charge is 2.21. The monoisotopic (exact) mass is 350 g/mol. The van der Waals surface area contributed by atoms with Crippen molar-refractivity contribution in [3.63, 3.8) is 0 Å². The molecule has 0 radical (unpaired) electrons. The highest BCUT2D eigenvalue weighted by atomic mass is 16.5. The van der Waals surface area contributed by atoms with Crippen LogP contribution in [-0.2, 0) is 6.54 Å². The molecule has 0 saturated heterocycles. The van der Waals surface area contributed by atoms with Crippen molar-refractivity contribution < 1.29 is 14.1 Å². The number of nitrogens with zero attached hydrogens (tertiary/aromatic N) is 1. The van der Waals surface area contributed by atoms with Crippen LogP contribution < -0.4 is 10.1 Å². The number of rotatable bonds is 7. The Kier molecular flexibility index (Phi) is 5.69. The van der Waals surface area contributed by atoms with Crippen molar-refractivity contribution in [3.8, 4) is 17.0 Å². The first-order valence-corrected chi connectivity index (χ1v) is 8.70.